The number of nitrogens with zero attached hydrogens (tertiary/aromatic N) is 3. The highest BCUT2D eigenvalue weighted by atomic mass is 16.2. The van der Waals surface area contributed by atoms with Crippen molar-refractivity contribution in [2.45, 2.75) is 6.42 Å². The summed E-state index contributed by atoms with van der Waals surface area (Å²) in [5.41, 5.74) is 1.67. The SMILES string of the molecule is N#CCN1N=C(c2ccccc2)CC1=O. The summed E-state index contributed by atoms with van der Waals surface area (Å²) in [4.78, 5) is 11.4. The highest BCUT2D eigenvalue weighted by Crippen LogP contribution is 2.14. The van der Waals surface area contributed by atoms with E-state index in [0.29, 0.717) is 0 Å². The number of carbonyl (C=O) groups is 1. The predicted octanol–water partition coefficient (Wildman–Crippen LogP) is 1.15. The van der Waals surface area contributed by atoms with E-state index in [1.165, 1.54) is 5.01 Å². The lowest BCUT2D eigenvalue weighted by Gasteiger charge is -2.03. The van der Waals surface area contributed by atoms with Crippen LogP contribution >= 0.6 is 0 Å². The summed E-state index contributed by atoms with van der Waals surface area (Å²) in [6, 6.07) is 11.4. The highest BCUT2D eigenvalue weighted by Gasteiger charge is 2.23. The molecule has 2 rings (SSSR count). The van der Waals surface area contributed by atoms with Crippen molar-refractivity contribution in [2.75, 3.05) is 6.54 Å². The molecule has 15 heavy (non-hydrogen) atoms. The van der Waals surface area contributed by atoms with Crippen molar-refractivity contribution in [1.29, 1.82) is 5.26 Å². The van der Waals surface area contributed by atoms with Crippen LogP contribution in [-0.2, 0) is 4.79 Å². The monoisotopic (exact) mass is 199 g/mol. The van der Waals surface area contributed by atoms with Crippen LogP contribution in [0, 0.1) is 11.3 Å². The van der Waals surface area contributed by atoms with Crippen LogP contribution in [0.25, 0.3) is 0 Å². The summed E-state index contributed by atoms with van der Waals surface area (Å²) in [5.74, 6) is -0.115. The third-order valence-corrected chi connectivity index (χ3v) is 2.18. The van der Waals surface area contributed by atoms with Crippen molar-refractivity contribution in [3.05, 3.63) is 35.9 Å². The van der Waals surface area contributed by atoms with Crippen LogP contribution in [0.1, 0.15) is 12.0 Å². The first kappa shape index (κ1) is 9.41. The number of hydrogen-bond donors (Lipinski definition) is 0. The highest BCUT2D eigenvalue weighted by molar-refractivity contribution is 6.13. The molecule has 0 fully saturated rings. The zero-order chi connectivity index (χ0) is 10.7. The quantitative estimate of drug-likeness (QED) is 0.671. The molecule has 1 aliphatic rings. The molecule has 1 amide bonds. The van der Waals surface area contributed by atoms with Crippen LogP contribution in [0.2, 0.25) is 0 Å². The second-order valence-electron chi connectivity index (χ2n) is 3.20. The molecule has 0 saturated carbocycles. The van der Waals surface area contributed by atoms with Crippen LogP contribution < -0.4 is 0 Å². The Hall–Kier alpha value is -2.15. The maximum Gasteiger partial charge on any atom is 0.249 e. The molecule has 1 aromatic rings. The lowest BCUT2D eigenvalue weighted by atomic mass is 10.1. The van der Waals surface area contributed by atoms with Gasteiger partial charge in [0.15, 0.2) is 0 Å². The number of hydrogen-bond acceptors (Lipinski definition) is 3. The predicted molar refractivity (Wildman–Crippen MR) is 54.9 cm³/mol. The normalized spacial score (nSPS) is 15.0. The maximum absolute atomic E-state index is 11.4. The Kier molecular flexibility index (Phi) is 2.46. The van der Waals surface area contributed by atoms with Crippen molar-refractivity contribution >= 4 is 11.6 Å². The Labute approximate surface area is 87.4 Å². The molecule has 1 aromatic carbocycles. The molecule has 0 aromatic heterocycles. The van der Waals surface area contributed by atoms with Crippen molar-refractivity contribution in [3.8, 4) is 6.07 Å². The Morgan fingerprint density at radius 1 is 1.40 bits per heavy atom. The molecule has 0 atom stereocenters. The van der Waals surface area contributed by atoms with Gasteiger partial charge in [-0.3, -0.25) is 4.79 Å². The lowest BCUT2D eigenvalue weighted by Crippen LogP contribution is -2.20. The van der Waals surface area contributed by atoms with Crippen molar-refractivity contribution in [1.82, 2.24) is 5.01 Å². The first-order valence-electron chi connectivity index (χ1n) is 4.61. The molecule has 0 unspecified atom stereocenters. The van der Waals surface area contributed by atoms with Crippen LogP contribution in [0.3, 0.4) is 0 Å². The number of carbonyl (C=O) groups excluding carboxylic acids is 1. The molecule has 0 N–H and O–H groups in total. The molecule has 0 bridgehead atoms. The van der Waals surface area contributed by atoms with Gasteiger partial charge >= 0.3 is 0 Å². The number of benzene rings is 1. The molecular weight excluding hydrogens is 190 g/mol. The third kappa shape index (κ3) is 1.86. The molecule has 0 saturated heterocycles. The van der Waals surface area contributed by atoms with Gasteiger partial charge in [-0.15, -0.1) is 0 Å². The topological polar surface area (TPSA) is 56.5 Å². The first-order valence-corrected chi connectivity index (χ1v) is 4.61. The molecule has 0 radical (unpaired) electrons. The minimum atomic E-state index is -0.115. The van der Waals surface area contributed by atoms with Crippen LogP contribution in [0.4, 0.5) is 0 Å². The summed E-state index contributed by atoms with van der Waals surface area (Å²) in [6.07, 6.45) is 0.283. The van der Waals surface area contributed by atoms with E-state index in [9.17, 15) is 4.79 Å². The number of rotatable bonds is 2. The second kappa shape index (κ2) is 3.93. The van der Waals surface area contributed by atoms with Gasteiger partial charge < -0.3 is 0 Å². The number of amides is 1. The number of nitriles is 1. The van der Waals surface area contributed by atoms with E-state index in [1.54, 1.807) is 0 Å². The Balaban J connectivity index is 2.24. The van der Waals surface area contributed by atoms with Gasteiger partial charge in [-0.25, -0.2) is 5.01 Å². The summed E-state index contributed by atoms with van der Waals surface area (Å²) in [6.45, 7) is 0.0230. The van der Waals surface area contributed by atoms with Gasteiger partial charge in [-0.05, 0) is 5.56 Å². The van der Waals surface area contributed by atoms with Crippen LogP contribution in [0.15, 0.2) is 35.4 Å². The van der Waals surface area contributed by atoms with E-state index in [1.807, 2.05) is 36.4 Å². The molecular formula is C11H9N3O. The van der Waals surface area contributed by atoms with Gasteiger partial charge in [-0.1, -0.05) is 30.3 Å². The van der Waals surface area contributed by atoms with E-state index in [2.05, 4.69) is 5.10 Å². The van der Waals surface area contributed by atoms with Crippen molar-refractivity contribution in [2.24, 2.45) is 5.10 Å². The van der Waals surface area contributed by atoms with Gasteiger partial charge in [0.05, 0.1) is 18.2 Å². The molecule has 0 spiro atoms. The standard InChI is InChI=1S/C11H9N3O/c12-6-7-14-11(15)8-10(13-14)9-4-2-1-3-5-9/h1-5H,7-8H2. The summed E-state index contributed by atoms with van der Waals surface area (Å²) in [7, 11) is 0. The lowest BCUT2D eigenvalue weighted by molar-refractivity contribution is -0.128. The molecule has 4 heteroatoms. The Morgan fingerprint density at radius 3 is 2.80 bits per heavy atom. The van der Waals surface area contributed by atoms with E-state index < -0.39 is 0 Å². The van der Waals surface area contributed by atoms with E-state index >= 15 is 0 Å². The minimum absolute atomic E-state index is 0.0230. The van der Waals surface area contributed by atoms with Gasteiger partial charge in [0.2, 0.25) is 5.91 Å². The zero-order valence-electron chi connectivity index (χ0n) is 8.05. The van der Waals surface area contributed by atoms with Crippen LogP contribution in [0.5, 0.6) is 0 Å². The average Bonchev–Trinajstić information content (AvgIpc) is 2.63. The zero-order valence-corrected chi connectivity index (χ0v) is 8.05. The fourth-order valence-electron chi connectivity index (χ4n) is 1.45. The van der Waals surface area contributed by atoms with Gasteiger partial charge in [-0.2, -0.15) is 10.4 Å². The summed E-state index contributed by atoms with van der Waals surface area (Å²) in [5, 5.41) is 13.8. The minimum Gasteiger partial charge on any atom is -0.272 e. The van der Waals surface area contributed by atoms with Crippen LogP contribution in [-0.4, -0.2) is 23.2 Å². The Bertz CT molecular complexity index is 445. The molecule has 1 aliphatic heterocycles. The summed E-state index contributed by atoms with van der Waals surface area (Å²) < 4.78 is 0. The maximum atomic E-state index is 11.4. The number of hydrazone groups is 1. The smallest absolute Gasteiger partial charge is 0.249 e. The van der Waals surface area contributed by atoms with Crippen molar-refractivity contribution < 1.29 is 4.79 Å². The largest absolute Gasteiger partial charge is 0.272 e. The van der Waals surface area contributed by atoms with Gasteiger partial charge in [0, 0.05) is 0 Å². The molecule has 74 valence electrons. The third-order valence-electron chi connectivity index (χ3n) is 2.18. The average molecular weight is 199 g/mol. The molecule has 4 nitrogen and oxygen atoms in total. The molecule has 0 aliphatic carbocycles. The first-order chi connectivity index (χ1) is 7.31. The van der Waals surface area contributed by atoms with E-state index in [4.69, 9.17) is 5.26 Å². The van der Waals surface area contributed by atoms with E-state index in [0.717, 1.165) is 11.3 Å². The van der Waals surface area contributed by atoms with Gasteiger partial charge in [0.1, 0.15) is 6.54 Å². The second-order valence-corrected chi connectivity index (χ2v) is 3.20. The molecule has 1 heterocycles. The van der Waals surface area contributed by atoms with Crippen molar-refractivity contribution in [3.63, 3.8) is 0 Å². The van der Waals surface area contributed by atoms with E-state index in [-0.39, 0.29) is 18.9 Å². The fourth-order valence-corrected chi connectivity index (χ4v) is 1.45. The summed E-state index contributed by atoms with van der Waals surface area (Å²) >= 11 is 0. The fraction of sp³-hybridized carbons (Fsp3) is 0.182. The Morgan fingerprint density at radius 2 is 2.13 bits per heavy atom. The van der Waals surface area contributed by atoms with Gasteiger partial charge in [0.25, 0.3) is 0 Å².